The zero-order chi connectivity index (χ0) is 22.5. The van der Waals surface area contributed by atoms with E-state index in [0.29, 0.717) is 30.6 Å². The van der Waals surface area contributed by atoms with Crippen molar-refractivity contribution in [3.8, 4) is 17.0 Å². The molecule has 0 radical (unpaired) electrons. The number of carbonyl (C=O) groups is 2. The van der Waals surface area contributed by atoms with Gasteiger partial charge in [0.15, 0.2) is 6.10 Å². The van der Waals surface area contributed by atoms with Crippen molar-refractivity contribution < 1.29 is 23.8 Å². The van der Waals surface area contributed by atoms with Crippen molar-refractivity contribution in [2.75, 3.05) is 25.2 Å². The number of methoxy groups -OCH3 is 1. The lowest BCUT2D eigenvalue weighted by Crippen LogP contribution is -2.52. The minimum atomic E-state index is -0.757. The number of carbonyl (C=O) groups excluding carboxylic acids is 2. The summed E-state index contributed by atoms with van der Waals surface area (Å²) >= 11 is 1.57. The SMILES string of the molecule is COCCc1nc(-c2ccc3c(c2)N(C(C)C(=O)OCCC(C)C)C(=O)C(C)O3)cs1. The van der Waals surface area contributed by atoms with Crippen LogP contribution in [-0.2, 0) is 25.5 Å². The number of hydrogen-bond donors (Lipinski definition) is 0. The molecular formula is C23H30N2O5S. The van der Waals surface area contributed by atoms with Crippen molar-refractivity contribution in [3.63, 3.8) is 0 Å². The number of nitrogens with zero attached hydrogens (tertiary/aromatic N) is 2. The average Bonchev–Trinajstić information content (AvgIpc) is 3.21. The first-order valence-corrected chi connectivity index (χ1v) is 11.4. The second kappa shape index (κ2) is 10.2. The first-order valence-electron chi connectivity index (χ1n) is 10.6. The standard InChI is InChI=1S/C23H30N2O5S/c1-14(2)8-11-29-23(27)15(3)25-19-12-17(6-7-20(19)30-16(4)22(25)26)18-13-31-21(24-18)9-10-28-5/h6-7,12-16H,8-11H2,1-5H3. The summed E-state index contributed by atoms with van der Waals surface area (Å²) in [6.07, 6.45) is 0.850. The molecule has 0 N–H and O–H groups in total. The molecule has 0 aliphatic carbocycles. The highest BCUT2D eigenvalue weighted by Crippen LogP contribution is 2.39. The van der Waals surface area contributed by atoms with Gasteiger partial charge in [0.2, 0.25) is 0 Å². The van der Waals surface area contributed by atoms with E-state index in [1.807, 2.05) is 23.6 Å². The lowest BCUT2D eigenvalue weighted by Gasteiger charge is -2.36. The lowest BCUT2D eigenvalue weighted by molar-refractivity contribution is -0.147. The van der Waals surface area contributed by atoms with E-state index in [2.05, 4.69) is 18.8 Å². The minimum Gasteiger partial charge on any atom is -0.479 e. The molecule has 3 rings (SSSR count). The maximum atomic E-state index is 13.0. The highest BCUT2D eigenvalue weighted by Gasteiger charge is 2.38. The van der Waals surface area contributed by atoms with E-state index >= 15 is 0 Å². The van der Waals surface area contributed by atoms with Crippen molar-refractivity contribution in [2.24, 2.45) is 5.92 Å². The summed E-state index contributed by atoms with van der Waals surface area (Å²) in [5, 5.41) is 2.96. The lowest BCUT2D eigenvalue weighted by atomic mass is 10.1. The van der Waals surface area contributed by atoms with Crippen molar-refractivity contribution in [3.05, 3.63) is 28.6 Å². The summed E-state index contributed by atoms with van der Waals surface area (Å²) in [5.74, 6) is 0.308. The zero-order valence-electron chi connectivity index (χ0n) is 18.7. The molecule has 31 heavy (non-hydrogen) atoms. The van der Waals surface area contributed by atoms with Crippen LogP contribution in [0.1, 0.15) is 39.1 Å². The Labute approximate surface area is 187 Å². The van der Waals surface area contributed by atoms with Gasteiger partial charge in [-0.05, 0) is 44.4 Å². The number of ether oxygens (including phenoxy) is 3. The summed E-state index contributed by atoms with van der Waals surface area (Å²) < 4.78 is 16.3. The van der Waals surface area contributed by atoms with Crippen molar-refractivity contribution in [2.45, 2.75) is 52.7 Å². The molecule has 0 spiro atoms. The molecule has 2 atom stereocenters. The number of aromatic nitrogens is 1. The van der Waals surface area contributed by atoms with Crippen LogP contribution in [0.3, 0.4) is 0 Å². The molecule has 168 valence electrons. The van der Waals surface area contributed by atoms with E-state index in [9.17, 15) is 9.59 Å². The van der Waals surface area contributed by atoms with E-state index in [4.69, 9.17) is 14.2 Å². The number of anilines is 1. The highest BCUT2D eigenvalue weighted by atomic mass is 32.1. The smallest absolute Gasteiger partial charge is 0.328 e. The number of benzene rings is 1. The topological polar surface area (TPSA) is 78.0 Å². The Morgan fingerprint density at radius 3 is 2.77 bits per heavy atom. The molecule has 2 unspecified atom stereocenters. The van der Waals surface area contributed by atoms with E-state index in [1.54, 1.807) is 32.3 Å². The largest absolute Gasteiger partial charge is 0.479 e. The normalized spacial score (nSPS) is 16.8. The van der Waals surface area contributed by atoms with Gasteiger partial charge < -0.3 is 14.2 Å². The minimum absolute atomic E-state index is 0.267. The second-order valence-corrected chi connectivity index (χ2v) is 8.99. The van der Waals surface area contributed by atoms with E-state index in [1.165, 1.54) is 4.90 Å². The number of rotatable bonds is 9. The maximum absolute atomic E-state index is 13.0. The molecule has 8 heteroatoms. The fourth-order valence-corrected chi connectivity index (χ4v) is 4.08. The molecule has 1 aliphatic heterocycles. The number of thiazole rings is 1. The third-order valence-electron chi connectivity index (χ3n) is 5.14. The Balaban J connectivity index is 1.87. The van der Waals surface area contributed by atoms with Crippen LogP contribution < -0.4 is 9.64 Å². The predicted octanol–water partition coefficient (Wildman–Crippen LogP) is 4.09. The second-order valence-electron chi connectivity index (χ2n) is 8.05. The molecule has 2 heterocycles. The number of esters is 1. The molecule has 0 bridgehead atoms. The van der Waals surface area contributed by atoms with Crippen LogP contribution in [0.5, 0.6) is 5.75 Å². The van der Waals surface area contributed by atoms with Gasteiger partial charge in [0.05, 0.1) is 29.6 Å². The van der Waals surface area contributed by atoms with Gasteiger partial charge >= 0.3 is 5.97 Å². The van der Waals surface area contributed by atoms with Crippen LogP contribution in [0.2, 0.25) is 0 Å². The Kier molecular flexibility index (Phi) is 7.67. The molecule has 0 fully saturated rings. The van der Waals surface area contributed by atoms with Gasteiger partial charge in [0.1, 0.15) is 11.8 Å². The first kappa shape index (κ1) is 23.2. The predicted molar refractivity (Wildman–Crippen MR) is 121 cm³/mol. The Hall–Kier alpha value is -2.45. The number of amides is 1. The van der Waals surface area contributed by atoms with Gasteiger partial charge in [-0.15, -0.1) is 11.3 Å². The van der Waals surface area contributed by atoms with Gasteiger partial charge in [0, 0.05) is 24.5 Å². The summed E-state index contributed by atoms with van der Waals surface area (Å²) in [5.41, 5.74) is 2.23. The molecule has 0 saturated heterocycles. The third-order valence-corrected chi connectivity index (χ3v) is 6.05. The average molecular weight is 447 g/mol. The van der Waals surface area contributed by atoms with Crippen LogP contribution >= 0.6 is 11.3 Å². The summed E-state index contributed by atoms with van der Waals surface area (Å²) in [4.78, 5) is 31.8. The van der Waals surface area contributed by atoms with Crippen LogP contribution in [0.15, 0.2) is 23.6 Å². The summed E-state index contributed by atoms with van der Waals surface area (Å²) in [6, 6.07) is 4.84. The summed E-state index contributed by atoms with van der Waals surface area (Å²) in [6.45, 7) is 8.47. The molecule has 2 aromatic rings. The highest BCUT2D eigenvalue weighted by molar-refractivity contribution is 7.09. The number of fused-ring (bicyclic) bond motifs is 1. The van der Waals surface area contributed by atoms with Gasteiger partial charge in [-0.1, -0.05) is 13.8 Å². The van der Waals surface area contributed by atoms with Crippen LogP contribution in [0.25, 0.3) is 11.3 Å². The molecule has 1 amide bonds. The van der Waals surface area contributed by atoms with Crippen molar-refractivity contribution in [1.82, 2.24) is 4.98 Å². The van der Waals surface area contributed by atoms with E-state index in [0.717, 1.165) is 29.1 Å². The molecule has 1 aromatic heterocycles. The van der Waals surface area contributed by atoms with Crippen LogP contribution in [0.4, 0.5) is 5.69 Å². The van der Waals surface area contributed by atoms with Gasteiger partial charge in [0.25, 0.3) is 5.91 Å². The molecule has 1 aromatic carbocycles. The molecular weight excluding hydrogens is 416 g/mol. The first-order chi connectivity index (χ1) is 14.8. The number of hydrogen-bond acceptors (Lipinski definition) is 7. The monoisotopic (exact) mass is 446 g/mol. The van der Waals surface area contributed by atoms with E-state index < -0.39 is 18.1 Å². The quantitative estimate of drug-likeness (QED) is 0.540. The Morgan fingerprint density at radius 1 is 1.29 bits per heavy atom. The molecule has 7 nitrogen and oxygen atoms in total. The molecule has 1 aliphatic rings. The molecule has 0 saturated carbocycles. The van der Waals surface area contributed by atoms with Crippen molar-refractivity contribution in [1.29, 1.82) is 0 Å². The van der Waals surface area contributed by atoms with Gasteiger partial charge in [-0.2, -0.15) is 0 Å². The van der Waals surface area contributed by atoms with Gasteiger partial charge in [-0.25, -0.2) is 9.78 Å². The fourth-order valence-electron chi connectivity index (χ4n) is 3.29. The van der Waals surface area contributed by atoms with E-state index in [-0.39, 0.29) is 5.91 Å². The fraction of sp³-hybridized carbons (Fsp3) is 0.522. The third kappa shape index (κ3) is 5.43. The van der Waals surface area contributed by atoms with Crippen LogP contribution in [0, 0.1) is 5.92 Å². The Morgan fingerprint density at radius 2 is 2.06 bits per heavy atom. The Bertz CT molecular complexity index is 926. The maximum Gasteiger partial charge on any atom is 0.328 e. The summed E-state index contributed by atoms with van der Waals surface area (Å²) in [7, 11) is 1.67. The zero-order valence-corrected chi connectivity index (χ0v) is 19.5. The van der Waals surface area contributed by atoms with Gasteiger partial charge in [-0.3, -0.25) is 9.69 Å². The van der Waals surface area contributed by atoms with Crippen LogP contribution in [-0.4, -0.2) is 49.3 Å². The van der Waals surface area contributed by atoms with Crippen molar-refractivity contribution >= 4 is 28.9 Å².